The molecule has 0 spiro atoms. The van der Waals surface area contributed by atoms with E-state index >= 15 is 0 Å². The van der Waals surface area contributed by atoms with E-state index in [-0.39, 0.29) is 6.04 Å². The average molecular weight is 303 g/mol. The van der Waals surface area contributed by atoms with E-state index in [9.17, 15) is 0 Å². The fraction of sp³-hybridized carbons (Fsp3) is 0.333. The molecule has 5 nitrogen and oxygen atoms in total. The van der Waals surface area contributed by atoms with E-state index in [0.717, 1.165) is 21.9 Å². The first-order valence-electron chi connectivity index (χ1n) is 6.72. The summed E-state index contributed by atoms with van der Waals surface area (Å²) in [5, 5.41) is 1.97. The highest BCUT2D eigenvalue weighted by Gasteiger charge is 2.19. The van der Waals surface area contributed by atoms with Crippen LogP contribution in [0.1, 0.15) is 24.6 Å². The Hall–Kier alpha value is -1.92. The minimum atomic E-state index is 0.0840. The topological polar surface area (TPSA) is 51.4 Å². The summed E-state index contributed by atoms with van der Waals surface area (Å²) >= 11 is 1.37. The van der Waals surface area contributed by atoms with Gasteiger partial charge in [0.05, 0.1) is 6.04 Å². The van der Waals surface area contributed by atoms with Gasteiger partial charge in [-0.15, -0.1) is 0 Å². The van der Waals surface area contributed by atoms with Crippen molar-refractivity contribution >= 4 is 27.6 Å². The molecule has 0 saturated heterocycles. The Morgan fingerprint density at radius 1 is 1.38 bits per heavy atom. The number of fused-ring (bicyclic) bond motifs is 1. The normalized spacial score (nSPS) is 12.7. The van der Waals surface area contributed by atoms with Crippen LogP contribution in [0.2, 0.25) is 0 Å². The number of benzene rings is 1. The van der Waals surface area contributed by atoms with E-state index in [0.29, 0.717) is 12.4 Å². The summed E-state index contributed by atoms with van der Waals surface area (Å²) in [7, 11) is 3.64. The number of ether oxygens (including phenoxy) is 1. The summed E-state index contributed by atoms with van der Waals surface area (Å²) in [5.74, 6) is 1.63. The molecule has 110 valence electrons. The highest BCUT2D eigenvalue weighted by Crippen LogP contribution is 2.30. The summed E-state index contributed by atoms with van der Waals surface area (Å²) < 4.78 is 15.2. The van der Waals surface area contributed by atoms with Gasteiger partial charge in [-0.2, -0.15) is 4.37 Å². The van der Waals surface area contributed by atoms with Crippen LogP contribution in [-0.4, -0.2) is 23.5 Å². The van der Waals surface area contributed by atoms with Gasteiger partial charge in [-0.05, 0) is 19.1 Å². The van der Waals surface area contributed by atoms with Crippen LogP contribution in [-0.2, 0) is 11.3 Å². The number of nitrogens with zero attached hydrogens (tertiary/aromatic N) is 3. The fourth-order valence-electron chi connectivity index (χ4n) is 2.14. The zero-order valence-electron chi connectivity index (χ0n) is 12.2. The molecule has 0 bridgehead atoms. The van der Waals surface area contributed by atoms with Gasteiger partial charge < -0.3 is 14.1 Å². The molecule has 21 heavy (non-hydrogen) atoms. The predicted molar refractivity (Wildman–Crippen MR) is 83.7 cm³/mol. The molecule has 6 heteroatoms. The van der Waals surface area contributed by atoms with Gasteiger partial charge in [0.25, 0.3) is 0 Å². The molecule has 1 atom stereocenters. The van der Waals surface area contributed by atoms with E-state index in [1.165, 1.54) is 11.5 Å². The maximum absolute atomic E-state index is 5.92. The van der Waals surface area contributed by atoms with Crippen LogP contribution in [0.5, 0.6) is 0 Å². The van der Waals surface area contributed by atoms with Crippen molar-refractivity contribution in [3.8, 4) is 0 Å². The lowest BCUT2D eigenvalue weighted by Gasteiger charge is -2.21. The molecule has 2 heterocycles. The van der Waals surface area contributed by atoms with Gasteiger partial charge in [0.2, 0.25) is 5.13 Å². The van der Waals surface area contributed by atoms with Gasteiger partial charge in [0.15, 0.2) is 5.82 Å². The lowest BCUT2D eigenvalue weighted by Crippen LogP contribution is -2.21. The van der Waals surface area contributed by atoms with Gasteiger partial charge in [-0.3, -0.25) is 0 Å². The number of hydrogen-bond acceptors (Lipinski definition) is 6. The molecular formula is C15H17N3O2S. The fourth-order valence-corrected chi connectivity index (χ4v) is 2.85. The molecular weight excluding hydrogens is 286 g/mol. The summed E-state index contributed by atoms with van der Waals surface area (Å²) in [6.07, 6.45) is 0. The van der Waals surface area contributed by atoms with Crippen LogP contribution < -0.4 is 4.90 Å². The van der Waals surface area contributed by atoms with E-state index in [1.54, 1.807) is 7.11 Å². The number of para-hydroxylation sites is 1. The van der Waals surface area contributed by atoms with Crippen LogP contribution >= 0.6 is 11.5 Å². The molecule has 0 amide bonds. The zero-order valence-corrected chi connectivity index (χ0v) is 13.1. The van der Waals surface area contributed by atoms with Gasteiger partial charge >= 0.3 is 0 Å². The third kappa shape index (κ3) is 2.77. The molecule has 1 unspecified atom stereocenters. The molecule has 3 rings (SSSR count). The summed E-state index contributed by atoms with van der Waals surface area (Å²) in [6, 6.07) is 10.2. The largest absolute Gasteiger partial charge is 0.459 e. The monoisotopic (exact) mass is 303 g/mol. The number of rotatable bonds is 5. The molecule has 3 aromatic rings. The Kier molecular flexibility index (Phi) is 3.90. The number of aromatic nitrogens is 2. The Balaban J connectivity index is 1.83. The second-order valence-electron chi connectivity index (χ2n) is 4.90. The first-order valence-corrected chi connectivity index (χ1v) is 7.49. The minimum absolute atomic E-state index is 0.0840. The van der Waals surface area contributed by atoms with Crippen LogP contribution in [0.3, 0.4) is 0 Å². The van der Waals surface area contributed by atoms with Crippen LogP contribution in [0, 0.1) is 0 Å². The molecule has 0 N–H and O–H groups in total. The maximum Gasteiger partial charge on any atom is 0.205 e. The second kappa shape index (κ2) is 5.83. The standard InChI is InChI=1S/C15H17N3O2S/c1-10(13-8-11-6-4-5-7-12(11)20-13)18(2)15-16-14(9-19-3)17-21-15/h4-8,10H,9H2,1-3H3. The molecule has 0 aliphatic carbocycles. The number of anilines is 1. The van der Waals surface area contributed by atoms with Crippen molar-refractivity contribution in [2.75, 3.05) is 19.1 Å². The molecule has 0 aliphatic heterocycles. The van der Waals surface area contributed by atoms with Crippen molar-refractivity contribution in [1.29, 1.82) is 0 Å². The average Bonchev–Trinajstić information content (AvgIpc) is 3.12. The quantitative estimate of drug-likeness (QED) is 0.720. The van der Waals surface area contributed by atoms with Crippen LogP contribution in [0.15, 0.2) is 34.7 Å². The van der Waals surface area contributed by atoms with Crippen molar-refractivity contribution < 1.29 is 9.15 Å². The maximum atomic E-state index is 5.92. The lowest BCUT2D eigenvalue weighted by molar-refractivity contribution is 0.179. The van der Waals surface area contributed by atoms with Crippen LogP contribution in [0.4, 0.5) is 5.13 Å². The van der Waals surface area contributed by atoms with Crippen molar-refractivity contribution in [2.45, 2.75) is 19.6 Å². The smallest absolute Gasteiger partial charge is 0.205 e. The molecule has 2 aromatic heterocycles. The number of furan rings is 1. The summed E-state index contributed by atoms with van der Waals surface area (Å²) in [5.41, 5.74) is 0.907. The van der Waals surface area contributed by atoms with E-state index in [2.05, 4.69) is 33.3 Å². The van der Waals surface area contributed by atoms with Crippen LogP contribution in [0.25, 0.3) is 11.0 Å². The van der Waals surface area contributed by atoms with Crippen molar-refractivity contribution in [3.63, 3.8) is 0 Å². The van der Waals surface area contributed by atoms with E-state index in [4.69, 9.17) is 9.15 Å². The van der Waals surface area contributed by atoms with Crippen molar-refractivity contribution in [1.82, 2.24) is 9.36 Å². The van der Waals surface area contributed by atoms with Gasteiger partial charge in [0.1, 0.15) is 18.0 Å². The molecule has 0 saturated carbocycles. The Morgan fingerprint density at radius 2 is 2.19 bits per heavy atom. The SMILES string of the molecule is COCc1nsc(N(C)C(C)c2cc3ccccc3o2)n1. The minimum Gasteiger partial charge on any atom is -0.459 e. The number of methoxy groups -OCH3 is 1. The molecule has 1 aromatic carbocycles. The predicted octanol–water partition coefficient (Wildman–Crippen LogP) is 3.63. The van der Waals surface area contributed by atoms with Gasteiger partial charge in [-0.25, -0.2) is 4.98 Å². The molecule has 0 radical (unpaired) electrons. The van der Waals surface area contributed by atoms with Crippen molar-refractivity contribution in [2.24, 2.45) is 0 Å². The first-order chi connectivity index (χ1) is 10.2. The third-order valence-corrected chi connectivity index (χ3v) is 4.31. The second-order valence-corrected chi connectivity index (χ2v) is 5.63. The summed E-state index contributed by atoms with van der Waals surface area (Å²) in [4.78, 5) is 6.53. The Morgan fingerprint density at radius 3 is 2.95 bits per heavy atom. The Bertz CT molecular complexity index is 704. The highest BCUT2D eigenvalue weighted by molar-refractivity contribution is 7.09. The molecule has 0 aliphatic rings. The molecule has 0 fully saturated rings. The van der Waals surface area contributed by atoms with E-state index < -0.39 is 0 Å². The van der Waals surface area contributed by atoms with Gasteiger partial charge in [0, 0.05) is 31.1 Å². The first kappa shape index (κ1) is 14.0. The Labute approximate surface area is 127 Å². The van der Waals surface area contributed by atoms with Gasteiger partial charge in [-0.1, -0.05) is 18.2 Å². The lowest BCUT2D eigenvalue weighted by atomic mass is 10.2. The zero-order chi connectivity index (χ0) is 14.8. The van der Waals surface area contributed by atoms with Crippen molar-refractivity contribution in [3.05, 3.63) is 41.9 Å². The summed E-state index contributed by atoms with van der Waals surface area (Å²) in [6.45, 7) is 2.53. The third-order valence-electron chi connectivity index (χ3n) is 3.47. The van der Waals surface area contributed by atoms with E-state index in [1.807, 2.05) is 25.2 Å². The highest BCUT2D eigenvalue weighted by atomic mass is 32.1. The number of hydrogen-bond donors (Lipinski definition) is 0.